The van der Waals surface area contributed by atoms with E-state index in [0.717, 1.165) is 0 Å². The molecule has 3 N–H and O–H groups in total. The van der Waals surface area contributed by atoms with Crippen LogP contribution in [-0.4, -0.2) is 9.97 Å². The van der Waals surface area contributed by atoms with Gasteiger partial charge in [-0.2, -0.15) is 0 Å². The van der Waals surface area contributed by atoms with E-state index < -0.39 is 0 Å². The van der Waals surface area contributed by atoms with Gasteiger partial charge in [0.15, 0.2) is 0 Å². The highest BCUT2D eigenvalue weighted by atomic mass is 35.5. The number of rotatable bonds is 1. The molecule has 5 heteroatoms. The number of nitrogens with one attached hydrogen (secondary N) is 1. The minimum atomic E-state index is 0.382. The fourth-order valence-corrected chi connectivity index (χ4v) is 0.886. The van der Waals surface area contributed by atoms with E-state index in [4.69, 9.17) is 29.7 Å². The van der Waals surface area contributed by atoms with Crippen LogP contribution in [0.25, 0.3) is 0 Å². The molecule has 0 amide bonds. The van der Waals surface area contributed by atoms with E-state index in [1.54, 1.807) is 18.2 Å². The maximum absolute atomic E-state index is 5.61. The zero-order chi connectivity index (χ0) is 8.27. The van der Waals surface area contributed by atoms with Gasteiger partial charge in [0, 0.05) is 0 Å². The molecule has 11 heavy (non-hydrogen) atoms. The van der Waals surface area contributed by atoms with Crippen LogP contribution in [0, 0.1) is 0 Å². The minimum Gasteiger partial charge on any atom is -0.313 e. The van der Waals surface area contributed by atoms with Crippen molar-refractivity contribution in [2.45, 2.75) is 0 Å². The summed E-state index contributed by atoms with van der Waals surface area (Å²) < 4.78 is 0. The molecule has 0 aromatic carbocycles. The lowest BCUT2D eigenvalue weighted by Gasteiger charge is -2.00. The summed E-state index contributed by atoms with van der Waals surface area (Å²) in [6.07, 6.45) is 0. The third-order valence-electron chi connectivity index (χ3n) is 1.08. The zero-order valence-electron chi connectivity index (χ0n) is 5.54. The van der Waals surface area contributed by atoms with Crippen LogP contribution in [0.1, 0.15) is 5.69 Å². The number of hydrogen-bond donors (Lipinski definition) is 2. The van der Waals surface area contributed by atoms with E-state index in [-0.39, 0.29) is 0 Å². The molecular weight excluding hydrogens is 182 g/mol. The monoisotopic (exact) mass is 187 g/mol. The number of aromatic nitrogens is 1. The highest BCUT2D eigenvalue weighted by Gasteiger charge is 1.99. The first-order valence-electron chi connectivity index (χ1n) is 2.87. The van der Waals surface area contributed by atoms with Gasteiger partial charge in [0.2, 0.25) is 0 Å². The van der Waals surface area contributed by atoms with E-state index in [1.165, 1.54) is 0 Å². The van der Waals surface area contributed by atoms with Gasteiger partial charge >= 0.3 is 0 Å². The minimum absolute atomic E-state index is 0.382. The maximum atomic E-state index is 5.61. The largest absolute Gasteiger partial charge is 0.313 e. The number of pyridine rings is 1. The van der Waals surface area contributed by atoms with Gasteiger partial charge in [0.1, 0.15) is 15.8 Å². The molecule has 1 rings (SSSR count). The first-order chi connectivity index (χ1) is 5.24. The second-order valence-electron chi connectivity index (χ2n) is 1.82. The molecule has 0 aliphatic carbocycles. The summed E-state index contributed by atoms with van der Waals surface area (Å²) in [7, 11) is 0. The normalized spacial score (nSPS) is 9.27. The summed E-state index contributed by atoms with van der Waals surface area (Å²) >= 11 is 10.4. The van der Waals surface area contributed by atoms with E-state index >= 15 is 0 Å². The predicted molar refractivity (Wildman–Crippen MR) is 48.3 cm³/mol. The molecule has 0 bridgehead atoms. The average molecular weight is 188 g/mol. The van der Waals surface area contributed by atoms with Crippen molar-refractivity contribution in [1.82, 2.24) is 10.4 Å². The smallest absolute Gasteiger partial charge is 0.139 e. The van der Waals surface area contributed by atoms with Gasteiger partial charge in [-0.1, -0.05) is 29.9 Å². The van der Waals surface area contributed by atoms with E-state index in [1.807, 2.05) is 0 Å². The number of nitrogens with two attached hydrogens (primary N) is 1. The summed E-state index contributed by atoms with van der Waals surface area (Å²) in [5, 5.41) is 0.403. The Morgan fingerprint density at radius 1 is 1.64 bits per heavy atom. The van der Waals surface area contributed by atoms with Crippen molar-refractivity contribution in [2.75, 3.05) is 0 Å². The zero-order valence-corrected chi connectivity index (χ0v) is 7.12. The summed E-state index contributed by atoms with van der Waals surface area (Å²) in [4.78, 5) is 4.31. The van der Waals surface area contributed by atoms with Gasteiger partial charge in [-0.15, -0.1) is 0 Å². The second-order valence-corrected chi connectivity index (χ2v) is 2.61. The standard InChI is InChI=1S/C6H6ClN3S/c7-5-3-1-2-4(9-5)6(11)10-8/h1-3H,8H2,(H,10,11). The predicted octanol–water partition coefficient (Wildman–Crippen LogP) is 0.874. The maximum Gasteiger partial charge on any atom is 0.139 e. The number of halogens is 1. The lowest BCUT2D eigenvalue weighted by molar-refractivity contribution is 1.04. The molecule has 1 aromatic rings. The Balaban J connectivity index is 2.96. The Kier molecular flexibility index (Phi) is 2.76. The van der Waals surface area contributed by atoms with Crippen molar-refractivity contribution < 1.29 is 0 Å². The van der Waals surface area contributed by atoms with Crippen molar-refractivity contribution in [1.29, 1.82) is 0 Å². The Morgan fingerprint density at radius 3 is 2.91 bits per heavy atom. The third-order valence-corrected chi connectivity index (χ3v) is 1.62. The SMILES string of the molecule is NNC(=S)c1cccc(Cl)n1. The lowest BCUT2D eigenvalue weighted by atomic mass is 10.3. The lowest BCUT2D eigenvalue weighted by Crippen LogP contribution is -2.29. The van der Waals surface area contributed by atoms with Crippen molar-refractivity contribution >= 4 is 28.8 Å². The molecule has 58 valence electrons. The van der Waals surface area contributed by atoms with Gasteiger partial charge in [0.25, 0.3) is 0 Å². The number of nitrogens with zero attached hydrogens (tertiary/aromatic N) is 1. The molecule has 0 atom stereocenters. The summed E-state index contributed by atoms with van der Waals surface area (Å²) in [6, 6.07) is 5.16. The van der Waals surface area contributed by atoms with E-state index in [2.05, 4.69) is 10.4 Å². The topological polar surface area (TPSA) is 50.9 Å². The second kappa shape index (κ2) is 3.61. The van der Waals surface area contributed by atoms with Gasteiger partial charge < -0.3 is 5.43 Å². The summed E-state index contributed by atoms with van der Waals surface area (Å²) in [5.74, 6) is 5.08. The molecule has 0 spiro atoms. The Hall–Kier alpha value is -0.710. The fraction of sp³-hybridized carbons (Fsp3) is 0. The van der Waals surface area contributed by atoms with Crippen molar-refractivity contribution in [3.8, 4) is 0 Å². The molecule has 1 heterocycles. The fourth-order valence-electron chi connectivity index (χ4n) is 0.609. The molecule has 0 unspecified atom stereocenters. The molecule has 0 saturated carbocycles. The molecule has 0 saturated heterocycles. The Morgan fingerprint density at radius 2 is 2.36 bits per heavy atom. The molecule has 1 aromatic heterocycles. The molecule has 0 aliphatic rings. The summed E-state index contributed by atoms with van der Waals surface area (Å²) in [5.41, 5.74) is 2.90. The molecule has 0 radical (unpaired) electrons. The van der Waals surface area contributed by atoms with E-state index in [9.17, 15) is 0 Å². The highest BCUT2D eigenvalue weighted by molar-refractivity contribution is 7.80. The van der Waals surface area contributed by atoms with Crippen LogP contribution in [0.4, 0.5) is 0 Å². The molecular formula is C6H6ClN3S. The van der Waals surface area contributed by atoms with Gasteiger partial charge in [-0.25, -0.2) is 10.8 Å². The van der Waals surface area contributed by atoms with Gasteiger partial charge in [0.05, 0.1) is 0 Å². The van der Waals surface area contributed by atoms with Crippen molar-refractivity contribution in [3.63, 3.8) is 0 Å². The van der Waals surface area contributed by atoms with E-state index in [0.29, 0.717) is 15.8 Å². The van der Waals surface area contributed by atoms with Gasteiger partial charge in [-0.05, 0) is 12.1 Å². The molecule has 3 nitrogen and oxygen atoms in total. The van der Waals surface area contributed by atoms with Crippen LogP contribution >= 0.6 is 23.8 Å². The van der Waals surface area contributed by atoms with Crippen LogP contribution in [0.3, 0.4) is 0 Å². The first-order valence-corrected chi connectivity index (χ1v) is 3.66. The summed E-state index contributed by atoms with van der Waals surface area (Å²) in [6.45, 7) is 0. The Labute approximate surface area is 74.5 Å². The quantitative estimate of drug-likeness (QED) is 0.297. The third kappa shape index (κ3) is 2.11. The van der Waals surface area contributed by atoms with Crippen LogP contribution < -0.4 is 11.3 Å². The van der Waals surface area contributed by atoms with Crippen molar-refractivity contribution in [3.05, 3.63) is 29.0 Å². The molecule has 0 aliphatic heterocycles. The van der Waals surface area contributed by atoms with Crippen LogP contribution in [0.15, 0.2) is 18.2 Å². The van der Waals surface area contributed by atoms with Gasteiger partial charge in [-0.3, -0.25) is 0 Å². The van der Waals surface area contributed by atoms with Crippen LogP contribution in [0.5, 0.6) is 0 Å². The Bertz CT molecular complexity index is 276. The highest BCUT2D eigenvalue weighted by Crippen LogP contribution is 2.04. The number of hydrogen-bond acceptors (Lipinski definition) is 3. The van der Waals surface area contributed by atoms with Crippen LogP contribution in [0.2, 0.25) is 5.15 Å². The average Bonchev–Trinajstić information content (AvgIpc) is 2.03. The van der Waals surface area contributed by atoms with Crippen molar-refractivity contribution in [2.24, 2.45) is 5.84 Å². The van der Waals surface area contributed by atoms with Crippen LogP contribution in [-0.2, 0) is 0 Å². The molecule has 0 fully saturated rings. The number of thiocarbonyl (C=S) groups is 1. The number of hydrazine groups is 1. The first kappa shape index (κ1) is 8.39.